The Labute approximate surface area is 168 Å². The first-order valence-corrected chi connectivity index (χ1v) is 9.56. The maximum atomic E-state index is 12.4. The van der Waals surface area contributed by atoms with Gasteiger partial charge in [-0.15, -0.1) is 10.2 Å². The van der Waals surface area contributed by atoms with Crippen LogP contribution in [0.5, 0.6) is 0 Å². The van der Waals surface area contributed by atoms with Crippen LogP contribution >= 0.6 is 0 Å². The van der Waals surface area contributed by atoms with Crippen molar-refractivity contribution >= 4 is 11.9 Å². The molecule has 0 bridgehead atoms. The number of esters is 1. The van der Waals surface area contributed by atoms with Crippen molar-refractivity contribution < 1.29 is 18.7 Å². The predicted octanol–water partition coefficient (Wildman–Crippen LogP) is 3.78. The first-order valence-electron chi connectivity index (χ1n) is 9.56. The van der Waals surface area contributed by atoms with Gasteiger partial charge in [0, 0.05) is 25.1 Å². The van der Waals surface area contributed by atoms with Crippen molar-refractivity contribution in [3.63, 3.8) is 0 Å². The number of carbonyl (C=O) groups is 2. The summed E-state index contributed by atoms with van der Waals surface area (Å²) in [5.74, 6) is 0.322. The lowest BCUT2D eigenvalue weighted by Gasteiger charge is -2.15. The normalized spacial score (nSPS) is 14.8. The number of nitrogens with zero attached hydrogens (tertiary/aromatic N) is 3. The van der Waals surface area contributed by atoms with Gasteiger partial charge in [-0.05, 0) is 43.2 Å². The van der Waals surface area contributed by atoms with E-state index >= 15 is 0 Å². The summed E-state index contributed by atoms with van der Waals surface area (Å²) in [6.07, 6.45) is 0.849. The Bertz CT molecular complexity index is 998. The quantitative estimate of drug-likeness (QED) is 0.595. The fraction of sp³-hybridized carbons (Fsp3) is 0.273. The molecule has 0 saturated carbocycles. The first-order chi connectivity index (χ1) is 14.1. The second-order valence-corrected chi connectivity index (χ2v) is 6.97. The zero-order valence-corrected chi connectivity index (χ0v) is 16.1. The Hall–Kier alpha value is -3.48. The fourth-order valence-corrected chi connectivity index (χ4v) is 3.21. The summed E-state index contributed by atoms with van der Waals surface area (Å²) in [6.45, 7) is 3.04. The van der Waals surface area contributed by atoms with Gasteiger partial charge in [-0.2, -0.15) is 0 Å². The van der Waals surface area contributed by atoms with Gasteiger partial charge in [-0.25, -0.2) is 4.79 Å². The molecule has 7 nitrogen and oxygen atoms in total. The van der Waals surface area contributed by atoms with Gasteiger partial charge in [-0.1, -0.05) is 30.3 Å². The molecule has 2 aromatic carbocycles. The van der Waals surface area contributed by atoms with Crippen molar-refractivity contribution in [3.8, 4) is 11.5 Å². The second-order valence-electron chi connectivity index (χ2n) is 6.97. The molecule has 1 atom stereocenters. The third kappa shape index (κ3) is 4.34. The molecule has 148 valence electrons. The number of hydrogen-bond donors (Lipinski definition) is 0. The Balaban J connectivity index is 1.37. The highest BCUT2D eigenvalue weighted by molar-refractivity contribution is 5.89. The second kappa shape index (κ2) is 8.26. The molecule has 1 amide bonds. The van der Waals surface area contributed by atoms with Crippen molar-refractivity contribution in [2.24, 2.45) is 0 Å². The van der Waals surface area contributed by atoms with Crippen molar-refractivity contribution in [1.82, 2.24) is 15.1 Å². The lowest BCUT2D eigenvalue weighted by Crippen LogP contribution is -2.23. The van der Waals surface area contributed by atoms with E-state index < -0.39 is 12.1 Å². The summed E-state index contributed by atoms with van der Waals surface area (Å²) in [5.41, 5.74) is 2.21. The minimum Gasteiger partial charge on any atom is -0.449 e. The minimum absolute atomic E-state index is 0.178. The molecule has 4 rings (SSSR count). The van der Waals surface area contributed by atoms with Gasteiger partial charge in [-0.3, -0.25) is 4.79 Å². The van der Waals surface area contributed by atoms with Gasteiger partial charge >= 0.3 is 5.97 Å². The van der Waals surface area contributed by atoms with Crippen LogP contribution in [0.25, 0.3) is 11.5 Å². The van der Waals surface area contributed by atoms with E-state index in [-0.39, 0.29) is 11.8 Å². The molecule has 0 N–H and O–H groups in total. The van der Waals surface area contributed by atoms with E-state index in [2.05, 4.69) is 10.2 Å². The van der Waals surface area contributed by atoms with Crippen molar-refractivity contribution in [2.45, 2.75) is 32.4 Å². The highest BCUT2D eigenvalue weighted by Gasteiger charge is 2.21. The number of benzene rings is 2. The maximum Gasteiger partial charge on any atom is 0.338 e. The Morgan fingerprint density at radius 3 is 2.59 bits per heavy atom. The van der Waals surface area contributed by atoms with Crippen LogP contribution in [0.15, 0.2) is 59.0 Å². The highest BCUT2D eigenvalue weighted by atomic mass is 16.6. The van der Waals surface area contributed by atoms with Crippen LogP contribution in [-0.2, 0) is 16.1 Å². The van der Waals surface area contributed by atoms with Crippen LogP contribution in [0.4, 0.5) is 0 Å². The molecule has 1 aromatic heterocycles. The minimum atomic E-state index is -0.672. The van der Waals surface area contributed by atoms with E-state index in [1.54, 1.807) is 19.1 Å². The van der Waals surface area contributed by atoms with Gasteiger partial charge in [0.05, 0.1) is 5.56 Å². The highest BCUT2D eigenvalue weighted by Crippen LogP contribution is 2.23. The maximum absolute atomic E-state index is 12.4. The van der Waals surface area contributed by atoms with E-state index in [9.17, 15) is 9.59 Å². The molecule has 1 aliphatic rings. The van der Waals surface area contributed by atoms with Crippen molar-refractivity contribution in [1.29, 1.82) is 0 Å². The predicted molar refractivity (Wildman–Crippen MR) is 105 cm³/mol. The van der Waals surface area contributed by atoms with Gasteiger partial charge in [0.15, 0.2) is 6.10 Å². The van der Waals surface area contributed by atoms with Crippen LogP contribution in [0.1, 0.15) is 47.7 Å². The molecule has 2 heterocycles. The molecule has 3 aromatic rings. The van der Waals surface area contributed by atoms with Gasteiger partial charge in [0.2, 0.25) is 11.8 Å². The van der Waals surface area contributed by atoms with Gasteiger partial charge in [0.1, 0.15) is 0 Å². The van der Waals surface area contributed by atoms with Crippen LogP contribution < -0.4 is 0 Å². The first kappa shape index (κ1) is 18.9. The number of hydrogen-bond acceptors (Lipinski definition) is 6. The van der Waals surface area contributed by atoms with Crippen LogP contribution in [-0.4, -0.2) is 33.5 Å². The van der Waals surface area contributed by atoms with E-state index in [1.165, 1.54) is 0 Å². The molecule has 0 unspecified atom stereocenters. The number of amides is 1. The molecular formula is C22H21N3O4. The average Bonchev–Trinajstić information content (AvgIpc) is 3.39. The van der Waals surface area contributed by atoms with E-state index in [1.807, 2.05) is 47.4 Å². The zero-order chi connectivity index (χ0) is 20.2. The molecule has 1 fully saturated rings. The fourth-order valence-electron chi connectivity index (χ4n) is 3.21. The van der Waals surface area contributed by atoms with E-state index in [0.717, 1.165) is 24.1 Å². The monoisotopic (exact) mass is 391 g/mol. The molecule has 7 heteroatoms. The summed E-state index contributed by atoms with van der Waals surface area (Å²) in [5, 5.41) is 8.00. The summed E-state index contributed by atoms with van der Waals surface area (Å²) in [7, 11) is 0. The number of ether oxygens (including phenoxy) is 1. The Kier molecular flexibility index (Phi) is 5.37. The standard InChI is InChI=1S/C22H21N3O4/c1-15(20-23-24-21(29-20)17-6-3-2-4-7-17)28-22(27)18-11-9-16(10-12-18)14-25-13-5-8-19(25)26/h2-4,6-7,9-12,15H,5,8,13-14H2,1H3/t15-/m1/s1. The third-order valence-electron chi connectivity index (χ3n) is 4.83. The van der Waals surface area contributed by atoms with Crippen LogP contribution in [0, 0.1) is 0 Å². The smallest absolute Gasteiger partial charge is 0.338 e. The Morgan fingerprint density at radius 2 is 1.90 bits per heavy atom. The van der Waals surface area contributed by atoms with Crippen LogP contribution in [0.2, 0.25) is 0 Å². The summed E-state index contributed by atoms with van der Waals surface area (Å²) >= 11 is 0. The van der Waals surface area contributed by atoms with Crippen molar-refractivity contribution in [3.05, 3.63) is 71.6 Å². The number of rotatable bonds is 6. The molecule has 1 aliphatic heterocycles. The van der Waals surface area contributed by atoms with Gasteiger partial charge < -0.3 is 14.1 Å². The molecular weight excluding hydrogens is 370 g/mol. The summed E-state index contributed by atoms with van der Waals surface area (Å²) in [6, 6.07) is 16.5. The van der Waals surface area contributed by atoms with E-state index in [0.29, 0.717) is 24.4 Å². The molecule has 0 aliphatic carbocycles. The van der Waals surface area contributed by atoms with Gasteiger partial charge in [0.25, 0.3) is 5.89 Å². The molecule has 29 heavy (non-hydrogen) atoms. The lowest BCUT2D eigenvalue weighted by molar-refractivity contribution is -0.128. The average molecular weight is 391 g/mol. The SMILES string of the molecule is C[C@@H](OC(=O)c1ccc(CN2CCCC2=O)cc1)c1nnc(-c2ccccc2)o1. The molecule has 0 radical (unpaired) electrons. The number of carbonyl (C=O) groups excluding carboxylic acids is 2. The zero-order valence-electron chi connectivity index (χ0n) is 16.1. The molecule has 1 saturated heterocycles. The lowest BCUT2D eigenvalue weighted by atomic mass is 10.1. The number of aromatic nitrogens is 2. The van der Waals surface area contributed by atoms with Crippen LogP contribution in [0.3, 0.4) is 0 Å². The Morgan fingerprint density at radius 1 is 1.14 bits per heavy atom. The van der Waals surface area contributed by atoms with E-state index in [4.69, 9.17) is 9.15 Å². The molecule has 0 spiro atoms. The number of likely N-dealkylation sites (tertiary alicyclic amines) is 1. The third-order valence-corrected chi connectivity index (χ3v) is 4.83. The largest absolute Gasteiger partial charge is 0.449 e. The summed E-state index contributed by atoms with van der Waals surface area (Å²) in [4.78, 5) is 26.0. The summed E-state index contributed by atoms with van der Waals surface area (Å²) < 4.78 is 11.1. The van der Waals surface area contributed by atoms with Crippen molar-refractivity contribution in [2.75, 3.05) is 6.54 Å². The topological polar surface area (TPSA) is 85.5 Å².